The van der Waals surface area contributed by atoms with Crippen LogP contribution in [-0.4, -0.2) is 34.4 Å². The zero-order valence-corrected chi connectivity index (χ0v) is 10.3. The van der Waals surface area contributed by atoms with E-state index in [2.05, 4.69) is 20.2 Å². The number of nitrogens with zero attached hydrogens (tertiary/aromatic N) is 3. The molecule has 0 aromatic carbocycles. The summed E-state index contributed by atoms with van der Waals surface area (Å²) in [6, 6.07) is 2.10. The van der Waals surface area contributed by atoms with Gasteiger partial charge in [-0.15, -0.1) is 0 Å². The molecule has 0 spiro atoms. The minimum atomic E-state index is 0.293. The van der Waals surface area contributed by atoms with Gasteiger partial charge in [0.1, 0.15) is 5.82 Å². The van der Waals surface area contributed by atoms with Crippen molar-refractivity contribution in [3.8, 4) is 11.9 Å². The van der Waals surface area contributed by atoms with E-state index in [1.807, 2.05) is 0 Å². The molecule has 0 aliphatic rings. The molecule has 7 nitrogen and oxygen atoms in total. The van der Waals surface area contributed by atoms with E-state index in [4.69, 9.17) is 15.2 Å². The number of rotatable bonds is 5. The highest BCUT2D eigenvalue weighted by Gasteiger charge is 2.09. The fourth-order valence-corrected chi connectivity index (χ4v) is 1.60. The molecule has 0 amide bonds. The number of hydrogen-bond donors (Lipinski definition) is 2. The summed E-state index contributed by atoms with van der Waals surface area (Å²) in [4.78, 5) is 8.18. The van der Waals surface area contributed by atoms with Crippen LogP contribution in [0.5, 0.6) is 11.9 Å². The van der Waals surface area contributed by atoms with Crippen LogP contribution in [0.15, 0.2) is 12.3 Å². The van der Waals surface area contributed by atoms with Gasteiger partial charge >= 0.3 is 6.01 Å². The highest BCUT2D eigenvalue weighted by Crippen LogP contribution is 2.19. The summed E-state index contributed by atoms with van der Waals surface area (Å²) in [5, 5.41) is 6.72. The van der Waals surface area contributed by atoms with Crippen molar-refractivity contribution in [1.82, 2.24) is 20.2 Å². The number of methoxy groups -OCH3 is 2. The molecule has 0 radical (unpaired) electrons. The maximum Gasteiger partial charge on any atom is 0.319 e. The third-order valence-corrected chi connectivity index (χ3v) is 2.49. The summed E-state index contributed by atoms with van der Waals surface area (Å²) in [7, 11) is 3.08. The van der Waals surface area contributed by atoms with Gasteiger partial charge in [-0.25, -0.2) is 4.98 Å². The van der Waals surface area contributed by atoms with Crippen LogP contribution < -0.4 is 15.2 Å². The Morgan fingerprint density at radius 3 is 2.72 bits per heavy atom. The number of hydrogen-bond acceptors (Lipinski definition) is 6. The summed E-state index contributed by atoms with van der Waals surface area (Å²) in [6.45, 7) is 0. The van der Waals surface area contributed by atoms with Crippen molar-refractivity contribution in [2.45, 2.75) is 12.8 Å². The number of aromatic amines is 1. The fraction of sp³-hybridized carbons (Fsp3) is 0.364. The molecule has 18 heavy (non-hydrogen) atoms. The Morgan fingerprint density at radius 2 is 2.11 bits per heavy atom. The van der Waals surface area contributed by atoms with Crippen molar-refractivity contribution in [3.05, 3.63) is 23.5 Å². The van der Waals surface area contributed by atoms with Crippen LogP contribution >= 0.6 is 0 Å². The standard InChI is InChI=1S/C11H15N5O2/c1-17-10-7(6-13-11(14-10)18-2)3-4-8-5-9(12)16-15-8/h5-6H,3-4H2,1-2H3,(H3,12,15,16). The van der Waals surface area contributed by atoms with Crippen LogP contribution in [0.1, 0.15) is 11.3 Å². The Balaban J connectivity index is 2.08. The van der Waals surface area contributed by atoms with Crippen molar-refractivity contribution in [2.24, 2.45) is 0 Å². The topological polar surface area (TPSA) is 98.9 Å². The Morgan fingerprint density at radius 1 is 1.28 bits per heavy atom. The van der Waals surface area contributed by atoms with E-state index >= 15 is 0 Å². The van der Waals surface area contributed by atoms with Gasteiger partial charge in [-0.05, 0) is 12.8 Å². The maximum absolute atomic E-state index is 5.53. The summed E-state index contributed by atoms with van der Waals surface area (Å²) >= 11 is 0. The lowest BCUT2D eigenvalue weighted by Crippen LogP contribution is -2.01. The van der Waals surface area contributed by atoms with Gasteiger partial charge in [0.05, 0.1) is 14.2 Å². The molecule has 3 N–H and O–H groups in total. The smallest absolute Gasteiger partial charge is 0.319 e. The molecule has 0 unspecified atom stereocenters. The second-order valence-electron chi connectivity index (χ2n) is 3.71. The average molecular weight is 249 g/mol. The number of nitrogens with one attached hydrogen (secondary N) is 1. The zero-order chi connectivity index (χ0) is 13.0. The monoisotopic (exact) mass is 249 g/mol. The van der Waals surface area contributed by atoms with Crippen molar-refractivity contribution < 1.29 is 9.47 Å². The van der Waals surface area contributed by atoms with E-state index in [0.717, 1.165) is 24.1 Å². The Kier molecular flexibility index (Phi) is 3.61. The normalized spacial score (nSPS) is 10.3. The molecule has 2 heterocycles. The van der Waals surface area contributed by atoms with Gasteiger partial charge in [-0.3, -0.25) is 5.10 Å². The lowest BCUT2D eigenvalue weighted by Gasteiger charge is -2.07. The fourth-order valence-electron chi connectivity index (χ4n) is 1.60. The highest BCUT2D eigenvalue weighted by molar-refractivity contribution is 5.30. The van der Waals surface area contributed by atoms with Crippen molar-refractivity contribution in [3.63, 3.8) is 0 Å². The molecule has 0 saturated carbocycles. The number of aryl methyl sites for hydroxylation is 2. The second kappa shape index (κ2) is 5.35. The van der Waals surface area contributed by atoms with Gasteiger partial charge in [0.25, 0.3) is 0 Å². The minimum Gasteiger partial charge on any atom is -0.481 e. The van der Waals surface area contributed by atoms with E-state index in [1.54, 1.807) is 19.4 Å². The van der Waals surface area contributed by atoms with Gasteiger partial charge in [-0.2, -0.15) is 10.1 Å². The third kappa shape index (κ3) is 2.68. The lowest BCUT2D eigenvalue weighted by atomic mass is 10.1. The van der Waals surface area contributed by atoms with Gasteiger partial charge in [-0.1, -0.05) is 0 Å². The first-order valence-corrected chi connectivity index (χ1v) is 5.46. The van der Waals surface area contributed by atoms with E-state index in [1.165, 1.54) is 7.11 Å². The zero-order valence-electron chi connectivity index (χ0n) is 10.3. The van der Waals surface area contributed by atoms with Gasteiger partial charge in [0.15, 0.2) is 0 Å². The minimum absolute atomic E-state index is 0.293. The first-order chi connectivity index (χ1) is 8.72. The molecule has 2 aromatic heterocycles. The quantitative estimate of drug-likeness (QED) is 0.804. The van der Waals surface area contributed by atoms with E-state index in [-0.39, 0.29) is 0 Å². The highest BCUT2D eigenvalue weighted by atomic mass is 16.5. The summed E-state index contributed by atoms with van der Waals surface area (Å²) in [6.07, 6.45) is 3.19. The van der Waals surface area contributed by atoms with Crippen LogP contribution in [0, 0.1) is 0 Å². The maximum atomic E-state index is 5.53. The average Bonchev–Trinajstić information content (AvgIpc) is 2.82. The third-order valence-electron chi connectivity index (χ3n) is 2.49. The van der Waals surface area contributed by atoms with Crippen LogP contribution in [0.2, 0.25) is 0 Å². The molecule has 0 bridgehead atoms. The van der Waals surface area contributed by atoms with Crippen LogP contribution in [-0.2, 0) is 12.8 Å². The number of nitrogens with two attached hydrogens (primary N) is 1. The molecule has 0 saturated heterocycles. The van der Waals surface area contributed by atoms with Crippen LogP contribution in [0.3, 0.4) is 0 Å². The van der Waals surface area contributed by atoms with Crippen LogP contribution in [0.4, 0.5) is 5.82 Å². The molecule has 0 aliphatic heterocycles. The number of anilines is 1. The molecule has 0 atom stereocenters. The summed E-state index contributed by atoms with van der Waals surface area (Å²) in [5.74, 6) is 1.01. The molecule has 96 valence electrons. The molecule has 7 heteroatoms. The SMILES string of the molecule is COc1ncc(CCc2cc(N)n[nH]2)c(OC)n1. The Labute approximate surface area is 104 Å². The van der Waals surface area contributed by atoms with E-state index in [9.17, 15) is 0 Å². The first kappa shape index (κ1) is 12.2. The van der Waals surface area contributed by atoms with Crippen molar-refractivity contribution in [1.29, 1.82) is 0 Å². The van der Waals surface area contributed by atoms with Gasteiger partial charge < -0.3 is 15.2 Å². The number of aromatic nitrogens is 4. The van der Waals surface area contributed by atoms with Crippen LogP contribution in [0.25, 0.3) is 0 Å². The Hall–Kier alpha value is -2.31. The molecular weight excluding hydrogens is 234 g/mol. The van der Waals surface area contributed by atoms with Gasteiger partial charge in [0, 0.05) is 23.5 Å². The first-order valence-electron chi connectivity index (χ1n) is 5.46. The van der Waals surface area contributed by atoms with Crippen molar-refractivity contribution >= 4 is 5.82 Å². The largest absolute Gasteiger partial charge is 0.481 e. The predicted molar refractivity (Wildman–Crippen MR) is 65.5 cm³/mol. The molecule has 2 aromatic rings. The number of nitrogen functional groups attached to an aromatic ring is 1. The summed E-state index contributed by atoms with van der Waals surface area (Å²) in [5.41, 5.74) is 7.41. The molecule has 2 rings (SSSR count). The number of H-pyrrole nitrogens is 1. The molecule has 0 fully saturated rings. The van der Waals surface area contributed by atoms with Crippen molar-refractivity contribution in [2.75, 3.05) is 20.0 Å². The summed E-state index contributed by atoms with van der Waals surface area (Å²) < 4.78 is 10.1. The Bertz CT molecular complexity index is 526. The lowest BCUT2D eigenvalue weighted by molar-refractivity contribution is 0.348. The predicted octanol–water partition coefficient (Wildman–Crippen LogP) is 0.584. The number of ether oxygens (including phenoxy) is 2. The molecular formula is C11H15N5O2. The second-order valence-corrected chi connectivity index (χ2v) is 3.71. The van der Waals surface area contributed by atoms with E-state index < -0.39 is 0 Å². The van der Waals surface area contributed by atoms with E-state index in [0.29, 0.717) is 17.7 Å². The molecule has 0 aliphatic carbocycles. The van der Waals surface area contributed by atoms with Gasteiger partial charge in [0.2, 0.25) is 5.88 Å².